The maximum atomic E-state index is 13.4. The van der Waals surface area contributed by atoms with E-state index in [-0.39, 0.29) is 29.3 Å². The maximum Gasteiger partial charge on any atom is 0.315 e. The lowest BCUT2D eigenvalue weighted by atomic mass is 9.70. The molecule has 0 bridgehead atoms. The summed E-state index contributed by atoms with van der Waals surface area (Å²) in [6, 6.07) is 6.78. The Morgan fingerprint density at radius 2 is 1.78 bits per heavy atom. The number of rotatable bonds is 5. The summed E-state index contributed by atoms with van der Waals surface area (Å²) in [5, 5.41) is 16.6. The van der Waals surface area contributed by atoms with Gasteiger partial charge in [-0.1, -0.05) is 64.3 Å². The van der Waals surface area contributed by atoms with Crippen LogP contribution in [0.3, 0.4) is 0 Å². The summed E-state index contributed by atoms with van der Waals surface area (Å²) >= 11 is 6.06. The number of hydrogen-bond acceptors (Lipinski definition) is 3. The van der Waals surface area contributed by atoms with Crippen molar-refractivity contribution in [3.8, 4) is 0 Å². The molecular weight excluding hydrogens is 426 g/mol. The van der Waals surface area contributed by atoms with Gasteiger partial charge in [0.2, 0.25) is 5.91 Å². The van der Waals surface area contributed by atoms with Gasteiger partial charge >= 0.3 is 6.03 Å². The predicted octanol–water partition coefficient (Wildman–Crippen LogP) is 4.31. The quantitative estimate of drug-likeness (QED) is 0.608. The van der Waals surface area contributed by atoms with Crippen LogP contribution in [0.1, 0.15) is 71.3 Å². The minimum absolute atomic E-state index is 0.0398. The molecule has 0 spiro atoms. The molecule has 178 valence electrons. The third-order valence-electron chi connectivity index (χ3n) is 7.08. The van der Waals surface area contributed by atoms with E-state index in [1.807, 2.05) is 30.9 Å². The van der Waals surface area contributed by atoms with Gasteiger partial charge in [0.15, 0.2) is 0 Å². The Balaban J connectivity index is 1.63. The van der Waals surface area contributed by atoms with E-state index in [2.05, 4.69) is 36.6 Å². The van der Waals surface area contributed by atoms with Crippen LogP contribution < -0.4 is 10.6 Å². The number of carbonyl (C=O) groups excluding carboxylic acids is 2. The van der Waals surface area contributed by atoms with Crippen LogP contribution in [-0.2, 0) is 4.79 Å². The molecule has 1 saturated heterocycles. The highest BCUT2D eigenvalue weighted by atomic mass is 35.5. The Kier molecular flexibility index (Phi) is 8.10. The Labute approximate surface area is 197 Å². The monoisotopic (exact) mass is 463 g/mol. The Morgan fingerprint density at radius 3 is 2.38 bits per heavy atom. The highest BCUT2D eigenvalue weighted by molar-refractivity contribution is 6.30. The fraction of sp³-hybridized carbons (Fsp3) is 0.680. The van der Waals surface area contributed by atoms with Gasteiger partial charge in [-0.2, -0.15) is 0 Å². The van der Waals surface area contributed by atoms with Gasteiger partial charge in [-0.3, -0.25) is 4.79 Å². The first-order valence-electron chi connectivity index (χ1n) is 11.9. The van der Waals surface area contributed by atoms with Crippen LogP contribution in [-0.4, -0.2) is 53.2 Å². The molecule has 0 aromatic heterocycles. The zero-order valence-corrected chi connectivity index (χ0v) is 20.5. The van der Waals surface area contributed by atoms with Gasteiger partial charge in [-0.05, 0) is 54.2 Å². The summed E-state index contributed by atoms with van der Waals surface area (Å²) in [4.78, 5) is 28.0. The van der Waals surface area contributed by atoms with Crippen molar-refractivity contribution in [2.75, 3.05) is 13.1 Å². The van der Waals surface area contributed by atoms with E-state index < -0.39 is 12.1 Å². The van der Waals surface area contributed by atoms with Crippen molar-refractivity contribution in [1.82, 2.24) is 15.5 Å². The second-order valence-electron chi connectivity index (χ2n) is 10.4. The molecule has 32 heavy (non-hydrogen) atoms. The Bertz CT molecular complexity index is 796. The van der Waals surface area contributed by atoms with Crippen molar-refractivity contribution in [3.05, 3.63) is 34.9 Å². The molecule has 1 aromatic carbocycles. The molecule has 3 rings (SSSR count). The van der Waals surface area contributed by atoms with Crippen molar-refractivity contribution in [2.45, 2.75) is 83.9 Å². The number of halogens is 1. The van der Waals surface area contributed by atoms with Gasteiger partial charge in [0.05, 0.1) is 12.1 Å². The number of amides is 3. The van der Waals surface area contributed by atoms with E-state index in [0.717, 1.165) is 30.7 Å². The summed E-state index contributed by atoms with van der Waals surface area (Å²) in [7, 11) is 0. The number of likely N-dealkylation sites (tertiary alicyclic amines) is 1. The van der Waals surface area contributed by atoms with Crippen LogP contribution in [0.2, 0.25) is 5.02 Å². The fourth-order valence-corrected chi connectivity index (χ4v) is 5.33. The van der Waals surface area contributed by atoms with Crippen LogP contribution in [0, 0.1) is 11.3 Å². The highest BCUT2D eigenvalue weighted by Gasteiger charge is 2.40. The molecule has 1 aliphatic heterocycles. The van der Waals surface area contributed by atoms with E-state index in [4.69, 9.17) is 11.6 Å². The van der Waals surface area contributed by atoms with Crippen molar-refractivity contribution < 1.29 is 14.7 Å². The van der Waals surface area contributed by atoms with Gasteiger partial charge in [-0.25, -0.2) is 4.79 Å². The first kappa shape index (κ1) is 24.8. The normalized spacial score (nSPS) is 26.5. The zero-order chi connectivity index (χ0) is 23.5. The maximum absolute atomic E-state index is 13.4. The molecule has 4 atom stereocenters. The number of aliphatic hydroxyl groups is 1. The third-order valence-corrected chi connectivity index (χ3v) is 7.33. The van der Waals surface area contributed by atoms with Crippen LogP contribution in [0.4, 0.5) is 4.79 Å². The lowest BCUT2D eigenvalue weighted by Gasteiger charge is -2.45. The van der Waals surface area contributed by atoms with Crippen LogP contribution in [0.5, 0.6) is 0 Å². The zero-order valence-electron chi connectivity index (χ0n) is 19.7. The molecular formula is C25H38ClN3O3. The minimum Gasteiger partial charge on any atom is -0.391 e. The Hall–Kier alpha value is -1.79. The van der Waals surface area contributed by atoms with E-state index in [1.54, 1.807) is 0 Å². The average Bonchev–Trinajstić information content (AvgIpc) is 2.73. The van der Waals surface area contributed by atoms with Crippen molar-refractivity contribution in [1.29, 1.82) is 0 Å². The predicted molar refractivity (Wildman–Crippen MR) is 128 cm³/mol. The number of piperidine rings is 1. The second-order valence-corrected chi connectivity index (χ2v) is 10.9. The molecule has 7 heteroatoms. The molecule has 2 aliphatic rings. The fourth-order valence-electron chi connectivity index (χ4n) is 5.20. The first-order chi connectivity index (χ1) is 15.1. The van der Waals surface area contributed by atoms with E-state index in [0.29, 0.717) is 25.4 Å². The average molecular weight is 464 g/mol. The van der Waals surface area contributed by atoms with Gasteiger partial charge in [-0.15, -0.1) is 0 Å². The lowest BCUT2D eigenvalue weighted by molar-refractivity contribution is -0.137. The van der Waals surface area contributed by atoms with Gasteiger partial charge < -0.3 is 20.6 Å². The van der Waals surface area contributed by atoms with Gasteiger partial charge in [0.25, 0.3) is 0 Å². The molecule has 1 aromatic rings. The number of aliphatic hydroxyl groups excluding tert-OH is 1. The van der Waals surface area contributed by atoms with Crippen molar-refractivity contribution in [2.24, 2.45) is 11.3 Å². The lowest BCUT2D eigenvalue weighted by Crippen LogP contribution is -2.58. The van der Waals surface area contributed by atoms with Gasteiger partial charge in [0, 0.05) is 18.1 Å². The standard InChI is InChI=1S/C25H38ClN3O3/c1-16(2)22(28-24(32)27-20-7-5-6-8-21(20)30)23(31)29-14-13-19(25(3,4)15-29)17-9-11-18(26)12-10-17/h9-12,16,19-22,30H,5-8,13-15H2,1-4H3,(H2,27,28,32)/t19?,20?,21?,22-/m1/s1. The largest absolute Gasteiger partial charge is 0.391 e. The summed E-state index contributed by atoms with van der Waals surface area (Å²) < 4.78 is 0. The van der Waals surface area contributed by atoms with E-state index >= 15 is 0 Å². The summed E-state index contributed by atoms with van der Waals surface area (Å²) in [6.07, 6.45) is 3.79. The number of urea groups is 1. The topological polar surface area (TPSA) is 81.7 Å². The van der Waals surface area contributed by atoms with E-state index in [1.165, 1.54) is 5.56 Å². The molecule has 0 radical (unpaired) electrons. The number of hydrogen-bond donors (Lipinski definition) is 3. The molecule has 1 aliphatic carbocycles. The van der Waals surface area contributed by atoms with Crippen LogP contribution in [0.25, 0.3) is 0 Å². The summed E-state index contributed by atoms with van der Waals surface area (Å²) in [6.45, 7) is 9.58. The van der Waals surface area contributed by atoms with Crippen LogP contribution in [0.15, 0.2) is 24.3 Å². The summed E-state index contributed by atoms with van der Waals surface area (Å²) in [5.41, 5.74) is 1.15. The number of nitrogens with one attached hydrogen (secondary N) is 2. The summed E-state index contributed by atoms with van der Waals surface area (Å²) in [5.74, 6) is 0.258. The molecule has 3 amide bonds. The highest BCUT2D eigenvalue weighted by Crippen LogP contribution is 2.42. The van der Waals surface area contributed by atoms with Crippen molar-refractivity contribution in [3.63, 3.8) is 0 Å². The molecule has 6 nitrogen and oxygen atoms in total. The number of nitrogens with zero attached hydrogens (tertiary/aromatic N) is 1. The smallest absolute Gasteiger partial charge is 0.315 e. The SMILES string of the molecule is CC(C)[C@@H](NC(=O)NC1CCCCC1O)C(=O)N1CCC(c2ccc(Cl)cc2)C(C)(C)C1. The molecule has 1 saturated carbocycles. The van der Waals surface area contributed by atoms with Crippen LogP contribution >= 0.6 is 11.6 Å². The molecule has 1 heterocycles. The first-order valence-corrected chi connectivity index (χ1v) is 12.3. The van der Waals surface area contributed by atoms with E-state index in [9.17, 15) is 14.7 Å². The molecule has 3 unspecified atom stereocenters. The number of carbonyl (C=O) groups is 2. The molecule has 2 fully saturated rings. The van der Waals surface area contributed by atoms with Crippen molar-refractivity contribution >= 4 is 23.5 Å². The Morgan fingerprint density at radius 1 is 1.12 bits per heavy atom. The minimum atomic E-state index is -0.599. The number of benzene rings is 1. The molecule has 3 N–H and O–H groups in total. The van der Waals surface area contributed by atoms with Gasteiger partial charge in [0.1, 0.15) is 6.04 Å². The third kappa shape index (κ3) is 5.96. The second kappa shape index (κ2) is 10.4.